The zero-order chi connectivity index (χ0) is 31.9. The van der Waals surface area contributed by atoms with E-state index in [0.717, 1.165) is 16.9 Å². The number of ketones is 1. The molecule has 1 aliphatic heterocycles. The van der Waals surface area contributed by atoms with Gasteiger partial charge in [-0.1, -0.05) is 18.2 Å². The van der Waals surface area contributed by atoms with Crippen LogP contribution in [0.2, 0.25) is 0 Å². The van der Waals surface area contributed by atoms with Gasteiger partial charge in [-0.05, 0) is 55.3 Å². The molecule has 45 heavy (non-hydrogen) atoms. The first kappa shape index (κ1) is 31.9. The number of halogens is 1. The third-order valence-corrected chi connectivity index (χ3v) is 7.75. The molecule has 2 atom stereocenters. The molecule has 1 amide bonds. The van der Waals surface area contributed by atoms with Crippen molar-refractivity contribution < 1.29 is 28.3 Å². The number of pyridine rings is 2. The molecule has 5 rings (SSSR count). The molecule has 1 saturated heterocycles. The molecule has 0 bridgehead atoms. The van der Waals surface area contributed by atoms with E-state index in [1.54, 1.807) is 35.2 Å². The van der Waals surface area contributed by atoms with Gasteiger partial charge >= 0.3 is 0 Å². The Morgan fingerprint density at radius 2 is 1.93 bits per heavy atom. The third-order valence-electron chi connectivity index (χ3n) is 7.75. The fourth-order valence-corrected chi connectivity index (χ4v) is 5.59. The first-order valence-electron chi connectivity index (χ1n) is 14.8. The first-order valence-corrected chi connectivity index (χ1v) is 14.8. The molecular weight excluding hydrogens is 579 g/mol. The molecule has 11 nitrogen and oxygen atoms in total. The summed E-state index contributed by atoms with van der Waals surface area (Å²) in [5, 5.41) is 9.47. The molecule has 1 fully saturated rings. The third kappa shape index (κ3) is 7.25. The molecule has 1 aliphatic rings. The lowest BCUT2D eigenvalue weighted by Gasteiger charge is -2.17. The number of methoxy groups -OCH3 is 2. The van der Waals surface area contributed by atoms with Crippen molar-refractivity contribution in [2.24, 2.45) is 5.92 Å². The number of nitrogens with zero attached hydrogens (tertiary/aromatic N) is 5. The maximum atomic E-state index is 14.0. The van der Waals surface area contributed by atoms with E-state index in [1.807, 2.05) is 44.2 Å². The number of Topliss-reactive ketones (excluding diaryl/α,β-unsaturated/α-hetero) is 1. The quantitative estimate of drug-likeness (QED) is 0.219. The first-order chi connectivity index (χ1) is 21.8. The molecule has 1 aromatic carbocycles. The molecule has 0 aliphatic carbocycles. The monoisotopic (exact) mass is 616 g/mol. The van der Waals surface area contributed by atoms with Crippen LogP contribution in [0.25, 0.3) is 16.9 Å². The summed E-state index contributed by atoms with van der Waals surface area (Å²) in [5.74, 6) is -0.924. The van der Waals surface area contributed by atoms with Crippen LogP contribution >= 0.6 is 0 Å². The second-order valence-corrected chi connectivity index (χ2v) is 10.8. The fourth-order valence-electron chi connectivity index (χ4n) is 5.59. The van der Waals surface area contributed by atoms with Gasteiger partial charge in [-0.25, -0.2) is 14.6 Å². The highest BCUT2D eigenvalue weighted by Crippen LogP contribution is 2.37. The van der Waals surface area contributed by atoms with Gasteiger partial charge in [-0.2, -0.15) is 14.6 Å². The number of hydroxylamine groups is 2. The average Bonchev–Trinajstić information content (AvgIpc) is 3.60. The fraction of sp³-hybridized carbons (Fsp3) is 0.364. The van der Waals surface area contributed by atoms with E-state index in [2.05, 4.69) is 15.3 Å². The number of para-hydroxylation sites is 1. The second kappa shape index (κ2) is 14.5. The molecule has 0 saturated carbocycles. The predicted molar refractivity (Wildman–Crippen MR) is 164 cm³/mol. The molecular formula is C33H37FN6O5. The summed E-state index contributed by atoms with van der Waals surface area (Å²) in [6, 6.07) is 14.3. The Morgan fingerprint density at radius 3 is 2.64 bits per heavy atom. The Bertz CT molecular complexity index is 1650. The van der Waals surface area contributed by atoms with Crippen LogP contribution in [0.1, 0.15) is 46.6 Å². The zero-order valence-electron chi connectivity index (χ0n) is 25.8. The molecule has 1 N–H and O–H groups in total. The molecule has 3 aromatic heterocycles. The molecule has 12 heteroatoms. The summed E-state index contributed by atoms with van der Waals surface area (Å²) >= 11 is 0. The van der Waals surface area contributed by atoms with Gasteiger partial charge in [-0.3, -0.25) is 14.4 Å². The van der Waals surface area contributed by atoms with Crippen LogP contribution in [0.4, 0.5) is 4.39 Å². The van der Waals surface area contributed by atoms with Crippen LogP contribution in [-0.4, -0.2) is 77.0 Å². The van der Waals surface area contributed by atoms with Crippen LogP contribution in [0.3, 0.4) is 0 Å². The second-order valence-electron chi connectivity index (χ2n) is 10.8. The van der Waals surface area contributed by atoms with Gasteiger partial charge < -0.3 is 14.8 Å². The standard InChI is InChI=1S/C33H37FN6O5/c1-5-35-32(42)27-16-23(19-37-33(27)44-4)30-21(2)28(40(38-30)25-9-7-6-8-10-25)18-26(41)15-24-20-39(13-14-43-3)45-31(24)22-11-12-36-29(34)17-22/h6-12,16-17,19,24,31H,5,13-15,18,20H2,1-4H3,(H,35,42)/t24-,31+/m1/s1. The number of hydrogen-bond donors (Lipinski definition) is 1. The van der Waals surface area contributed by atoms with Crippen molar-refractivity contribution in [1.82, 2.24) is 30.1 Å². The van der Waals surface area contributed by atoms with Crippen molar-refractivity contribution in [3.05, 3.63) is 89.3 Å². The number of rotatable bonds is 13. The van der Waals surface area contributed by atoms with E-state index in [4.69, 9.17) is 19.4 Å². The number of ether oxygens (including phenoxy) is 2. The molecule has 4 aromatic rings. The smallest absolute Gasteiger partial charge is 0.256 e. The highest BCUT2D eigenvalue weighted by atomic mass is 19.1. The Morgan fingerprint density at radius 1 is 1.13 bits per heavy atom. The summed E-state index contributed by atoms with van der Waals surface area (Å²) in [5.41, 5.74) is 4.44. The Labute approximate surface area is 261 Å². The minimum atomic E-state index is -0.602. The Balaban J connectivity index is 1.46. The molecule has 0 radical (unpaired) electrons. The average molecular weight is 617 g/mol. The van der Waals surface area contributed by atoms with E-state index in [9.17, 15) is 14.0 Å². The van der Waals surface area contributed by atoms with Gasteiger partial charge in [0, 0.05) is 63.5 Å². The van der Waals surface area contributed by atoms with Gasteiger partial charge in [0.25, 0.3) is 5.91 Å². The lowest BCUT2D eigenvalue weighted by molar-refractivity contribution is -0.155. The minimum absolute atomic E-state index is 0.0145. The highest BCUT2D eigenvalue weighted by Gasteiger charge is 2.37. The van der Waals surface area contributed by atoms with E-state index < -0.39 is 12.1 Å². The number of carbonyl (C=O) groups is 2. The van der Waals surface area contributed by atoms with Crippen molar-refractivity contribution in [2.45, 2.75) is 32.8 Å². The number of benzene rings is 1. The SMILES string of the molecule is CCNC(=O)c1cc(-c2nn(-c3ccccc3)c(CC(=O)C[C@@H]3CN(CCOC)O[C@H]3c3ccnc(F)c3)c2C)cnc1OC. The van der Waals surface area contributed by atoms with Gasteiger partial charge in [-0.15, -0.1) is 0 Å². The van der Waals surface area contributed by atoms with E-state index in [0.29, 0.717) is 48.6 Å². The Hall–Kier alpha value is -4.52. The largest absolute Gasteiger partial charge is 0.480 e. The lowest BCUT2D eigenvalue weighted by atomic mass is 9.91. The number of aromatic nitrogens is 4. The molecule has 236 valence electrons. The summed E-state index contributed by atoms with van der Waals surface area (Å²) in [4.78, 5) is 40.8. The van der Waals surface area contributed by atoms with Gasteiger partial charge in [0.2, 0.25) is 11.8 Å². The predicted octanol–water partition coefficient (Wildman–Crippen LogP) is 4.29. The van der Waals surface area contributed by atoms with Gasteiger partial charge in [0.05, 0.1) is 30.8 Å². The molecule has 4 heterocycles. The summed E-state index contributed by atoms with van der Waals surface area (Å²) < 4.78 is 26.3. The van der Waals surface area contributed by atoms with Crippen molar-refractivity contribution in [1.29, 1.82) is 0 Å². The maximum Gasteiger partial charge on any atom is 0.256 e. The minimum Gasteiger partial charge on any atom is -0.480 e. The topological polar surface area (TPSA) is 121 Å². The van der Waals surface area contributed by atoms with Crippen LogP contribution in [-0.2, 0) is 20.8 Å². The van der Waals surface area contributed by atoms with Gasteiger partial charge in [0.1, 0.15) is 17.5 Å². The number of amides is 1. The molecule has 0 unspecified atom stereocenters. The lowest BCUT2D eigenvalue weighted by Crippen LogP contribution is -2.24. The molecule has 0 spiro atoms. The zero-order valence-corrected chi connectivity index (χ0v) is 25.8. The number of nitrogens with one attached hydrogen (secondary N) is 1. The maximum absolute atomic E-state index is 14.0. The van der Waals surface area contributed by atoms with Crippen molar-refractivity contribution in [2.75, 3.05) is 40.5 Å². The normalized spacial score (nSPS) is 16.6. The number of hydrogen-bond acceptors (Lipinski definition) is 9. The van der Waals surface area contributed by atoms with Gasteiger partial charge in [0.15, 0.2) is 0 Å². The van der Waals surface area contributed by atoms with E-state index in [1.165, 1.54) is 19.4 Å². The van der Waals surface area contributed by atoms with Crippen LogP contribution in [0.15, 0.2) is 60.9 Å². The van der Waals surface area contributed by atoms with Crippen LogP contribution in [0.5, 0.6) is 5.88 Å². The Kier molecular flexibility index (Phi) is 10.3. The summed E-state index contributed by atoms with van der Waals surface area (Å²) in [6.07, 6.45) is 2.82. The summed E-state index contributed by atoms with van der Waals surface area (Å²) in [6.45, 7) is 5.66. The number of carbonyl (C=O) groups excluding carboxylic acids is 2. The summed E-state index contributed by atoms with van der Waals surface area (Å²) in [7, 11) is 3.08. The van der Waals surface area contributed by atoms with E-state index in [-0.39, 0.29) is 36.3 Å². The van der Waals surface area contributed by atoms with Crippen LogP contribution < -0.4 is 10.1 Å². The highest BCUT2D eigenvalue weighted by molar-refractivity contribution is 5.97. The van der Waals surface area contributed by atoms with Crippen molar-refractivity contribution >= 4 is 11.7 Å². The van der Waals surface area contributed by atoms with Crippen molar-refractivity contribution in [3.8, 4) is 22.8 Å². The van der Waals surface area contributed by atoms with E-state index >= 15 is 0 Å². The van der Waals surface area contributed by atoms with Crippen molar-refractivity contribution in [3.63, 3.8) is 0 Å². The van der Waals surface area contributed by atoms with Crippen LogP contribution in [0, 0.1) is 18.8 Å².